The largest absolute Gasteiger partial charge is 0.0853 e. The summed E-state index contributed by atoms with van der Waals surface area (Å²) in [5, 5.41) is 0. The predicted octanol–water partition coefficient (Wildman–Crippen LogP) is 9.38. The first kappa shape index (κ1) is 22.8. The molecular formula is C25H48. The van der Waals surface area contributed by atoms with Crippen molar-refractivity contribution in [2.75, 3.05) is 0 Å². The second-order valence-electron chi connectivity index (χ2n) is 8.67. The Morgan fingerprint density at radius 3 is 1.48 bits per heavy atom. The topological polar surface area (TPSA) is 0 Å². The molecule has 0 amide bonds. The molecule has 0 aliphatic heterocycles. The molecule has 1 aliphatic rings. The lowest BCUT2D eigenvalue weighted by Gasteiger charge is -2.09. The van der Waals surface area contributed by atoms with Gasteiger partial charge in [0.25, 0.3) is 0 Å². The molecule has 0 bridgehead atoms. The second-order valence-corrected chi connectivity index (χ2v) is 8.67. The van der Waals surface area contributed by atoms with Gasteiger partial charge < -0.3 is 0 Å². The lowest BCUT2D eigenvalue weighted by atomic mass is 9.97. The SMILES string of the molecule is CCCCCCCCCCCCCCCCC/C=C(/C)C1CCCC1. The smallest absolute Gasteiger partial charge is 0.0206 e. The third kappa shape index (κ3) is 13.6. The van der Waals surface area contributed by atoms with Gasteiger partial charge in [0.1, 0.15) is 0 Å². The van der Waals surface area contributed by atoms with Crippen molar-refractivity contribution >= 4 is 0 Å². The highest BCUT2D eigenvalue weighted by molar-refractivity contribution is 5.04. The first-order chi connectivity index (χ1) is 12.3. The molecule has 0 aromatic carbocycles. The van der Waals surface area contributed by atoms with Crippen LogP contribution in [-0.2, 0) is 0 Å². The molecular weight excluding hydrogens is 300 g/mol. The van der Waals surface area contributed by atoms with Crippen molar-refractivity contribution in [3.8, 4) is 0 Å². The Bertz CT molecular complexity index is 295. The molecule has 148 valence electrons. The van der Waals surface area contributed by atoms with Gasteiger partial charge in [-0.15, -0.1) is 0 Å². The zero-order chi connectivity index (χ0) is 18.0. The third-order valence-electron chi connectivity index (χ3n) is 6.27. The maximum absolute atomic E-state index is 2.55. The van der Waals surface area contributed by atoms with Gasteiger partial charge in [0.2, 0.25) is 0 Å². The van der Waals surface area contributed by atoms with Crippen molar-refractivity contribution in [3.05, 3.63) is 11.6 Å². The quantitative estimate of drug-likeness (QED) is 0.181. The highest BCUT2D eigenvalue weighted by Gasteiger charge is 2.15. The van der Waals surface area contributed by atoms with Crippen LogP contribution in [0.4, 0.5) is 0 Å². The van der Waals surface area contributed by atoms with E-state index in [0.29, 0.717) is 0 Å². The molecule has 0 nitrogen and oxygen atoms in total. The summed E-state index contributed by atoms with van der Waals surface area (Å²) in [6.07, 6.45) is 31.7. The van der Waals surface area contributed by atoms with E-state index in [0.717, 1.165) is 5.92 Å². The molecule has 0 saturated heterocycles. The molecule has 0 N–H and O–H groups in total. The van der Waals surface area contributed by atoms with E-state index in [1.165, 1.54) is 128 Å². The monoisotopic (exact) mass is 348 g/mol. The Balaban J connectivity index is 1.74. The van der Waals surface area contributed by atoms with Gasteiger partial charge in [-0.3, -0.25) is 0 Å². The Morgan fingerprint density at radius 2 is 1.04 bits per heavy atom. The maximum atomic E-state index is 2.55. The summed E-state index contributed by atoms with van der Waals surface area (Å²) in [7, 11) is 0. The van der Waals surface area contributed by atoms with Gasteiger partial charge in [0.05, 0.1) is 0 Å². The van der Waals surface area contributed by atoms with Crippen molar-refractivity contribution in [2.45, 2.75) is 142 Å². The highest BCUT2D eigenvalue weighted by atomic mass is 14.2. The van der Waals surface area contributed by atoms with Gasteiger partial charge in [-0.25, -0.2) is 0 Å². The normalized spacial score (nSPS) is 16.0. The van der Waals surface area contributed by atoms with Crippen LogP contribution in [0, 0.1) is 5.92 Å². The third-order valence-corrected chi connectivity index (χ3v) is 6.27. The van der Waals surface area contributed by atoms with Gasteiger partial charge in [0.15, 0.2) is 0 Å². The Labute approximate surface area is 160 Å². The Hall–Kier alpha value is -0.260. The molecule has 0 unspecified atom stereocenters. The van der Waals surface area contributed by atoms with E-state index in [1.807, 2.05) is 0 Å². The van der Waals surface area contributed by atoms with Crippen LogP contribution in [0.25, 0.3) is 0 Å². The average Bonchev–Trinajstić information content (AvgIpc) is 3.16. The number of unbranched alkanes of at least 4 members (excludes halogenated alkanes) is 15. The zero-order valence-corrected chi connectivity index (χ0v) is 17.8. The van der Waals surface area contributed by atoms with Crippen LogP contribution in [-0.4, -0.2) is 0 Å². The minimum atomic E-state index is 0.941. The van der Waals surface area contributed by atoms with Crippen molar-refractivity contribution in [2.24, 2.45) is 5.92 Å². The fraction of sp³-hybridized carbons (Fsp3) is 0.920. The minimum Gasteiger partial charge on any atom is -0.0853 e. The summed E-state index contributed by atoms with van der Waals surface area (Å²) in [5.74, 6) is 0.941. The van der Waals surface area contributed by atoms with Gasteiger partial charge in [0, 0.05) is 0 Å². The van der Waals surface area contributed by atoms with Crippen LogP contribution >= 0.6 is 0 Å². The van der Waals surface area contributed by atoms with Crippen molar-refractivity contribution in [1.29, 1.82) is 0 Å². The summed E-state index contributed by atoms with van der Waals surface area (Å²) >= 11 is 0. The van der Waals surface area contributed by atoms with Crippen molar-refractivity contribution in [1.82, 2.24) is 0 Å². The van der Waals surface area contributed by atoms with E-state index in [9.17, 15) is 0 Å². The minimum absolute atomic E-state index is 0.941. The molecule has 1 fully saturated rings. The molecule has 1 aliphatic carbocycles. The Kier molecular flexibility index (Phi) is 15.6. The summed E-state index contributed by atoms with van der Waals surface area (Å²) in [6.45, 7) is 4.68. The molecule has 0 aromatic rings. The molecule has 0 heterocycles. The van der Waals surface area contributed by atoms with Crippen LogP contribution in [0.5, 0.6) is 0 Å². The van der Waals surface area contributed by atoms with E-state index in [1.54, 1.807) is 5.57 Å². The van der Waals surface area contributed by atoms with Gasteiger partial charge in [-0.1, -0.05) is 121 Å². The molecule has 0 radical (unpaired) electrons. The van der Waals surface area contributed by atoms with Crippen molar-refractivity contribution in [3.63, 3.8) is 0 Å². The van der Waals surface area contributed by atoms with E-state index < -0.39 is 0 Å². The summed E-state index contributed by atoms with van der Waals surface area (Å²) in [4.78, 5) is 0. The maximum Gasteiger partial charge on any atom is -0.0206 e. The Morgan fingerprint density at radius 1 is 0.640 bits per heavy atom. The number of hydrogen-bond donors (Lipinski definition) is 0. The van der Waals surface area contributed by atoms with E-state index >= 15 is 0 Å². The van der Waals surface area contributed by atoms with E-state index in [-0.39, 0.29) is 0 Å². The highest BCUT2D eigenvalue weighted by Crippen LogP contribution is 2.31. The average molecular weight is 349 g/mol. The molecule has 0 atom stereocenters. The fourth-order valence-corrected chi connectivity index (χ4v) is 4.39. The van der Waals surface area contributed by atoms with E-state index in [4.69, 9.17) is 0 Å². The number of allylic oxidation sites excluding steroid dienone is 2. The molecule has 0 heteroatoms. The summed E-state index contributed by atoms with van der Waals surface area (Å²) < 4.78 is 0. The summed E-state index contributed by atoms with van der Waals surface area (Å²) in [5.41, 5.74) is 1.70. The molecule has 0 spiro atoms. The standard InChI is InChI=1S/C25H48/c1-3-4-5-6-7-8-9-10-11-12-13-14-15-16-17-18-21-24(2)25-22-19-20-23-25/h21,25H,3-20,22-23H2,1-2H3/b24-21-. The number of rotatable bonds is 17. The number of hydrogen-bond acceptors (Lipinski definition) is 0. The lowest BCUT2D eigenvalue weighted by molar-refractivity contribution is 0.532. The van der Waals surface area contributed by atoms with Crippen LogP contribution < -0.4 is 0 Å². The molecule has 1 rings (SSSR count). The van der Waals surface area contributed by atoms with Crippen LogP contribution in [0.1, 0.15) is 142 Å². The predicted molar refractivity (Wildman–Crippen MR) is 115 cm³/mol. The second kappa shape index (κ2) is 17.2. The summed E-state index contributed by atoms with van der Waals surface area (Å²) in [6, 6.07) is 0. The molecule has 25 heavy (non-hydrogen) atoms. The first-order valence-corrected chi connectivity index (χ1v) is 12.0. The molecule has 1 saturated carbocycles. The van der Waals surface area contributed by atoms with Gasteiger partial charge in [-0.05, 0) is 38.5 Å². The lowest BCUT2D eigenvalue weighted by Crippen LogP contribution is -1.94. The van der Waals surface area contributed by atoms with Gasteiger partial charge in [-0.2, -0.15) is 0 Å². The van der Waals surface area contributed by atoms with Crippen LogP contribution in [0.15, 0.2) is 11.6 Å². The van der Waals surface area contributed by atoms with Crippen molar-refractivity contribution < 1.29 is 0 Å². The van der Waals surface area contributed by atoms with Gasteiger partial charge >= 0.3 is 0 Å². The first-order valence-electron chi connectivity index (χ1n) is 12.0. The van der Waals surface area contributed by atoms with Crippen LogP contribution in [0.2, 0.25) is 0 Å². The van der Waals surface area contributed by atoms with E-state index in [2.05, 4.69) is 19.9 Å². The molecule has 0 aromatic heterocycles. The van der Waals surface area contributed by atoms with Crippen LogP contribution in [0.3, 0.4) is 0 Å². The fourth-order valence-electron chi connectivity index (χ4n) is 4.39. The zero-order valence-electron chi connectivity index (χ0n) is 17.8.